The van der Waals surface area contributed by atoms with Crippen molar-refractivity contribution in [2.45, 2.75) is 12.5 Å². The zero-order chi connectivity index (χ0) is 18.4. The van der Waals surface area contributed by atoms with Crippen LogP contribution in [-0.4, -0.2) is 40.6 Å². The van der Waals surface area contributed by atoms with Crippen LogP contribution in [0.2, 0.25) is 0 Å². The lowest BCUT2D eigenvalue weighted by Gasteiger charge is -2.17. The van der Waals surface area contributed by atoms with Gasteiger partial charge in [0.05, 0.1) is 19.8 Å². The number of hydrogen-bond donors (Lipinski definition) is 2. The number of carbonyl (C=O) groups is 1. The van der Waals surface area contributed by atoms with Crippen molar-refractivity contribution in [1.82, 2.24) is 15.1 Å². The molecule has 0 aliphatic heterocycles. The highest BCUT2D eigenvalue weighted by molar-refractivity contribution is 5.95. The molecule has 3 rings (SSSR count). The highest BCUT2D eigenvalue weighted by atomic mass is 16.5. The quantitative estimate of drug-likeness (QED) is 0.684. The van der Waals surface area contributed by atoms with Crippen LogP contribution in [0.4, 0.5) is 0 Å². The molecule has 0 fully saturated rings. The first-order chi connectivity index (χ1) is 12.7. The lowest BCUT2D eigenvalue weighted by Crippen LogP contribution is -2.39. The first-order valence-electron chi connectivity index (χ1n) is 8.35. The van der Waals surface area contributed by atoms with Gasteiger partial charge >= 0.3 is 0 Å². The van der Waals surface area contributed by atoms with Crippen LogP contribution in [0.1, 0.15) is 15.9 Å². The summed E-state index contributed by atoms with van der Waals surface area (Å²) in [4.78, 5) is 12.6. The molecule has 26 heavy (non-hydrogen) atoms. The van der Waals surface area contributed by atoms with Crippen LogP contribution in [0.5, 0.6) is 5.75 Å². The second kappa shape index (κ2) is 8.31. The normalized spacial score (nSPS) is 11.8. The van der Waals surface area contributed by atoms with E-state index in [9.17, 15) is 9.90 Å². The molecule has 1 atom stereocenters. The monoisotopic (exact) mass is 351 g/mol. The molecule has 2 N–H and O–H groups in total. The fourth-order valence-corrected chi connectivity index (χ4v) is 2.75. The predicted octanol–water partition coefficient (Wildman–Crippen LogP) is 2.21. The molecule has 3 aromatic rings. The molecule has 0 bridgehead atoms. The second-order valence-electron chi connectivity index (χ2n) is 5.88. The minimum absolute atomic E-state index is 0.136. The van der Waals surface area contributed by atoms with Crippen molar-refractivity contribution < 1.29 is 14.6 Å². The molecule has 0 aliphatic carbocycles. The van der Waals surface area contributed by atoms with Crippen LogP contribution < -0.4 is 10.1 Å². The number of methoxy groups -OCH3 is 1. The van der Waals surface area contributed by atoms with Gasteiger partial charge in [0.25, 0.3) is 5.91 Å². The number of benzene rings is 2. The Balaban J connectivity index is 1.77. The molecule has 2 aromatic carbocycles. The molecule has 1 amide bonds. The summed E-state index contributed by atoms with van der Waals surface area (Å²) >= 11 is 0. The van der Waals surface area contributed by atoms with Gasteiger partial charge in [-0.2, -0.15) is 5.10 Å². The van der Waals surface area contributed by atoms with Gasteiger partial charge in [0.15, 0.2) is 0 Å². The van der Waals surface area contributed by atoms with Crippen molar-refractivity contribution in [3.63, 3.8) is 0 Å². The van der Waals surface area contributed by atoms with E-state index in [0.717, 1.165) is 5.56 Å². The summed E-state index contributed by atoms with van der Waals surface area (Å²) in [5.74, 6) is 0.365. The lowest BCUT2D eigenvalue weighted by molar-refractivity contribution is 0.0916. The number of hydrogen-bond acceptors (Lipinski definition) is 4. The third-order valence-electron chi connectivity index (χ3n) is 4.07. The molecule has 0 radical (unpaired) electrons. The van der Waals surface area contributed by atoms with E-state index in [1.54, 1.807) is 48.5 Å². The van der Waals surface area contributed by atoms with E-state index in [0.29, 0.717) is 23.4 Å². The number of aromatic nitrogens is 2. The average Bonchev–Trinajstić information content (AvgIpc) is 3.22. The van der Waals surface area contributed by atoms with Crippen LogP contribution in [0, 0.1) is 0 Å². The average molecular weight is 351 g/mol. The molecule has 1 unspecified atom stereocenters. The maximum Gasteiger partial charge on any atom is 0.251 e. The van der Waals surface area contributed by atoms with E-state index in [1.807, 2.05) is 30.3 Å². The summed E-state index contributed by atoms with van der Waals surface area (Å²) in [7, 11) is 1.57. The number of carbonyl (C=O) groups excluding carboxylic acids is 1. The molecule has 1 heterocycles. The SMILES string of the molecule is COc1ccc(C(=O)NC(CO)Cc2ccccc2)cc1-n1cccn1. The minimum atomic E-state index is -0.361. The Labute approximate surface area is 152 Å². The van der Waals surface area contributed by atoms with Crippen LogP contribution >= 0.6 is 0 Å². The van der Waals surface area contributed by atoms with Crippen LogP contribution in [-0.2, 0) is 6.42 Å². The molecular formula is C20H21N3O3. The summed E-state index contributed by atoms with van der Waals surface area (Å²) in [6.45, 7) is -0.136. The Kier molecular flexibility index (Phi) is 5.66. The Morgan fingerprint density at radius 3 is 2.69 bits per heavy atom. The molecule has 0 spiro atoms. The largest absolute Gasteiger partial charge is 0.494 e. The smallest absolute Gasteiger partial charge is 0.251 e. The standard InChI is InChI=1S/C20H21N3O3/c1-26-19-9-8-16(13-18(19)23-11-5-10-21-23)20(25)22-17(14-24)12-15-6-3-2-4-7-15/h2-11,13,17,24H,12,14H2,1H3,(H,22,25). The number of nitrogens with zero attached hydrogens (tertiary/aromatic N) is 2. The van der Waals surface area contributed by atoms with Crippen molar-refractivity contribution in [2.24, 2.45) is 0 Å². The van der Waals surface area contributed by atoms with Gasteiger partial charge in [0, 0.05) is 18.0 Å². The van der Waals surface area contributed by atoms with Crippen molar-refractivity contribution >= 4 is 5.91 Å². The van der Waals surface area contributed by atoms with Gasteiger partial charge in [0.1, 0.15) is 11.4 Å². The molecule has 0 saturated heterocycles. The number of aliphatic hydroxyl groups is 1. The Morgan fingerprint density at radius 2 is 2.04 bits per heavy atom. The fraction of sp³-hybridized carbons (Fsp3) is 0.200. The first kappa shape index (κ1) is 17.7. The van der Waals surface area contributed by atoms with Gasteiger partial charge < -0.3 is 15.2 Å². The molecule has 0 aliphatic rings. The Hall–Kier alpha value is -3.12. The highest BCUT2D eigenvalue weighted by Gasteiger charge is 2.16. The third kappa shape index (κ3) is 4.10. The van der Waals surface area contributed by atoms with E-state index < -0.39 is 0 Å². The fourth-order valence-electron chi connectivity index (χ4n) is 2.75. The van der Waals surface area contributed by atoms with Gasteiger partial charge in [-0.1, -0.05) is 30.3 Å². The summed E-state index contributed by atoms with van der Waals surface area (Å²) in [5.41, 5.74) is 2.20. The molecule has 6 nitrogen and oxygen atoms in total. The number of nitrogens with one attached hydrogen (secondary N) is 1. The van der Waals surface area contributed by atoms with Crippen molar-refractivity contribution in [2.75, 3.05) is 13.7 Å². The van der Waals surface area contributed by atoms with Crippen LogP contribution in [0.25, 0.3) is 5.69 Å². The topological polar surface area (TPSA) is 76.4 Å². The maximum atomic E-state index is 12.6. The molecule has 1 aromatic heterocycles. The molecule has 134 valence electrons. The zero-order valence-electron chi connectivity index (χ0n) is 14.5. The van der Waals surface area contributed by atoms with Gasteiger partial charge in [-0.05, 0) is 36.2 Å². The van der Waals surface area contributed by atoms with Crippen molar-refractivity contribution in [1.29, 1.82) is 0 Å². The Bertz CT molecular complexity index is 848. The van der Waals surface area contributed by atoms with E-state index >= 15 is 0 Å². The number of amides is 1. The van der Waals surface area contributed by atoms with E-state index in [-0.39, 0.29) is 18.6 Å². The Morgan fingerprint density at radius 1 is 1.23 bits per heavy atom. The predicted molar refractivity (Wildman–Crippen MR) is 98.6 cm³/mol. The third-order valence-corrected chi connectivity index (χ3v) is 4.07. The highest BCUT2D eigenvalue weighted by Crippen LogP contribution is 2.23. The lowest BCUT2D eigenvalue weighted by atomic mass is 10.1. The number of ether oxygens (including phenoxy) is 1. The zero-order valence-corrected chi connectivity index (χ0v) is 14.5. The summed E-state index contributed by atoms with van der Waals surface area (Å²) in [5, 5.41) is 16.7. The van der Waals surface area contributed by atoms with Crippen LogP contribution in [0.3, 0.4) is 0 Å². The molecular weight excluding hydrogens is 330 g/mol. The summed E-state index contributed by atoms with van der Waals surface area (Å²) in [6.07, 6.45) is 4.00. The molecule has 0 saturated carbocycles. The maximum absolute atomic E-state index is 12.6. The number of aliphatic hydroxyl groups excluding tert-OH is 1. The summed E-state index contributed by atoms with van der Waals surface area (Å²) < 4.78 is 6.99. The van der Waals surface area contributed by atoms with Crippen molar-refractivity contribution in [3.05, 3.63) is 78.1 Å². The number of rotatable bonds is 7. The van der Waals surface area contributed by atoms with Gasteiger partial charge in [-0.3, -0.25) is 4.79 Å². The van der Waals surface area contributed by atoms with Gasteiger partial charge in [-0.25, -0.2) is 4.68 Å². The molecule has 6 heteroatoms. The van der Waals surface area contributed by atoms with Crippen LogP contribution in [0.15, 0.2) is 67.0 Å². The van der Waals surface area contributed by atoms with Gasteiger partial charge in [-0.15, -0.1) is 0 Å². The van der Waals surface area contributed by atoms with E-state index in [4.69, 9.17) is 4.74 Å². The minimum Gasteiger partial charge on any atom is -0.494 e. The summed E-state index contributed by atoms with van der Waals surface area (Å²) in [6, 6.07) is 16.3. The van der Waals surface area contributed by atoms with E-state index in [2.05, 4.69) is 10.4 Å². The first-order valence-corrected chi connectivity index (χ1v) is 8.35. The van der Waals surface area contributed by atoms with Gasteiger partial charge in [0.2, 0.25) is 0 Å². The van der Waals surface area contributed by atoms with Crippen molar-refractivity contribution in [3.8, 4) is 11.4 Å². The second-order valence-corrected chi connectivity index (χ2v) is 5.88. The van der Waals surface area contributed by atoms with E-state index in [1.165, 1.54) is 0 Å².